The number of rotatable bonds is 2. The third-order valence-corrected chi connectivity index (χ3v) is 5.26. The number of hydrogen-bond donors (Lipinski definition) is 1. The summed E-state index contributed by atoms with van der Waals surface area (Å²) in [4.78, 5) is 40.1. The van der Waals surface area contributed by atoms with Crippen LogP contribution in [0, 0.1) is 5.92 Å². The van der Waals surface area contributed by atoms with Crippen molar-refractivity contribution in [3.63, 3.8) is 0 Å². The average Bonchev–Trinajstić information content (AvgIpc) is 2.72. The highest BCUT2D eigenvalue weighted by atomic mass is 16.2. The van der Waals surface area contributed by atoms with Gasteiger partial charge in [0.2, 0.25) is 5.91 Å². The fraction of sp³-hybridized carbons (Fsp3) is 0.812. The smallest absolute Gasteiger partial charge is 0.325 e. The normalized spacial score (nSPS) is 28.1. The Balaban J connectivity index is 1.65. The molecule has 2 heterocycles. The van der Waals surface area contributed by atoms with Crippen molar-refractivity contribution in [2.45, 2.75) is 57.4 Å². The molecule has 4 amide bonds. The van der Waals surface area contributed by atoms with Gasteiger partial charge in [-0.25, -0.2) is 4.79 Å². The molecular weight excluding hydrogens is 282 g/mol. The van der Waals surface area contributed by atoms with Crippen molar-refractivity contribution in [3.05, 3.63) is 0 Å². The topological polar surface area (TPSA) is 69.7 Å². The summed E-state index contributed by atoms with van der Waals surface area (Å²) in [7, 11) is 0. The number of nitrogens with one attached hydrogen (secondary N) is 1. The molecule has 3 aliphatic rings. The number of amides is 4. The Bertz CT molecular complexity index is 485. The Morgan fingerprint density at radius 2 is 1.95 bits per heavy atom. The van der Waals surface area contributed by atoms with Crippen molar-refractivity contribution in [1.82, 2.24) is 15.1 Å². The second-order valence-electron chi connectivity index (χ2n) is 7.05. The minimum absolute atomic E-state index is 0.108. The zero-order chi connectivity index (χ0) is 15.7. The number of nitrogens with zero attached hydrogens (tertiary/aromatic N) is 2. The Labute approximate surface area is 131 Å². The first kappa shape index (κ1) is 15.3. The lowest BCUT2D eigenvalue weighted by molar-refractivity contribution is -0.140. The van der Waals surface area contributed by atoms with Crippen molar-refractivity contribution in [1.29, 1.82) is 0 Å². The molecule has 6 nitrogen and oxygen atoms in total. The Kier molecular flexibility index (Phi) is 4.10. The van der Waals surface area contributed by atoms with Crippen LogP contribution in [0.4, 0.5) is 4.79 Å². The van der Waals surface area contributed by atoms with E-state index in [1.165, 1.54) is 0 Å². The molecule has 6 heteroatoms. The second kappa shape index (κ2) is 5.89. The van der Waals surface area contributed by atoms with Gasteiger partial charge in [-0.15, -0.1) is 0 Å². The van der Waals surface area contributed by atoms with Crippen LogP contribution in [0.3, 0.4) is 0 Å². The summed E-state index contributed by atoms with van der Waals surface area (Å²) < 4.78 is 0. The van der Waals surface area contributed by atoms with E-state index in [4.69, 9.17) is 0 Å². The SMILES string of the molecule is C[C@@H]1CCCN(C(=O)CN2C(=O)NC3(CCCCC3)C2=O)C1. The number of urea groups is 1. The van der Waals surface area contributed by atoms with E-state index >= 15 is 0 Å². The van der Waals surface area contributed by atoms with Gasteiger partial charge >= 0.3 is 6.03 Å². The van der Waals surface area contributed by atoms with E-state index < -0.39 is 11.6 Å². The zero-order valence-corrected chi connectivity index (χ0v) is 13.3. The molecule has 1 spiro atoms. The van der Waals surface area contributed by atoms with Crippen LogP contribution in [0.1, 0.15) is 51.9 Å². The molecule has 0 aromatic carbocycles. The second-order valence-corrected chi connectivity index (χ2v) is 7.05. The van der Waals surface area contributed by atoms with E-state index in [-0.39, 0.29) is 18.4 Å². The van der Waals surface area contributed by atoms with Crippen LogP contribution in [0.15, 0.2) is 0 Å². The zero-order valence-electron chi connectivity index (χ0n) is 13.3. The molecule has 122 valence electrons. The van der Waals surface area contributed by atoms with Crippen LogP contribution in [-0.2, 0) is 9.59 Å². The summed E-state index contributed by atoms with van der Waals surface area (Å²) in [5.74, 6) is 0.184. The van der Waals surface area contributed by atoms with E-state index in [0.717, 1.165) is 50.1 Å². The van der Waals surface area contributed by atoms with Gasteiger partial charge in [0.15, 0.2) is 0 Å². The standard InChI is InChI=1S/C16H25N3O3/c1-12-6-5-9-18(10-12)13(20)11-19-14(21)16(17-15(19)22)7-3-2-4-8-16/h12H,2-11H2,1H3,(H,17,22)/t12-/m1/s1. The van der Waals surface area contributed by atoms with Crippen molar-refractivity contribution < 1.29 is 14.4 Å². The maximum absolute atomic E-state index is 12.6. The summed E-state index contributed by atoms with van der Waals surface area (Å²) in [6.45, 7) is 3.48. The molecule has 0 unspecified atom stereocenters. The third kappa shape index (κ3) is 2.71. The van der Waals surface area contributed by atoms with Gasteiger partial charge in [0, 0.05) is 13.1 Å². The van der Waals surface area contributed by atoms with Crippen molar-refractivity contribution in [2.24, 2.45) is 5.92 Å². The number of imide groups is 1. The van der Waals surface area contributed by atoms with Gasteiger partial charge in [-0.05, 0) is 31.6 Å². The monoisotopic (exact) mass is 307 g/mol. The van der Waals surface area contributed by atoms with E-state index in [9.17, 15) is 14.4 Å². The van der Waals surface area contributed by atoms with E-state index in [1.54, 1.807) is 4.90 Å². The van der Waals surface area contributed by atoms with Gasteiger partial charge in [-0.3, -0.25) is 14.5 Å². The van der Waals surface area contributed by atoms with Gasteiger partial charge in [0.25, 0.3) is 5.91 Å². The molecule has 3 rings (SSSR count). The molecule has 0 aromatic heterocycles. The number of hydrogen-bond acceptors (Lipinski definition) is 3. The quantitative estimate of drug-likeness (QED) is 0.786. The summed E-state index contributed by atoms with van der Waals surface area (Å²) in [5.41, 5.74) is -0.731. The molecular formula is C16H25N3O3. The van der Waals surface area contributed by atoms with Gasteiger partial charge < -0.3 is 10.2 Å². The molecule has 3 fully saturated rings. The maximum Gasteiger partial charge on any atom is 0.325 e. The molecule has 0 bridgehead atoms. The highest BCUT2D eigenvalue weighted by molar-refractivity contribution is 6.09. The first-order valence-electron chi connectivity index (χ1n) is 8.44. The first-order chi connectivity index (χ1) is 10.5. The maximum atomic E-state index is 12.6. The molecule has 0 radical (unpaired) electrons. The predicted octanol–water partition coefficient (Wildman–Crippen LogP) is 1.50. The highest BCUT2D eigenvalue weighted by Crippen LogP contribution is 2.33. The Morgan fingerprint density at radius 3 is 2.64 bits per heavy atom. The largest absolute Gasteiger partial charge is 0.341 e. The summed E-state index contributed by atoms with van der Waals surface area (Å²) >= 11 is 0. The number of carbonyl (C=O) groups excluding carboxylic acids is 3. The molecule has 2 aliphatic heterocycles. The van der Waals surface area contributed by atoms with Crippen LogP contribution in [0.2, 0.25) is 0 Å². The average molecular weight is 307 g/mol. The fourth-order valence-corrected chi connectivity index (χ4v) is 3.97. The molecule has 0 aromatic rings. The lowest BCUT2D eigenvalue weighted by Gasteiger charge is -2.32. The third-order valence-electron chi connectivity index (χ3n) is 5.26. The van der Waals surface area contributed by atoms with Gasteiger partial charge in [-0.2, -0.15) is 0 Å². The van der Waals surface area contributed by atoms with Gasteiger partial charge in [-0.1, -0.05) is 26.2 Å². The molecule has 22 heavy (non-hydrogen) atoms. The molecule has 1 N–H and O–H groups in total. The molecule has 1 aliphatic carbocycles. The summed E-state index contributed by atoms with van der Waals surface area (Å²) in [5, 5.41) is 2.85. The van der Waals surface area contributed by atoms with Crippen LogP contribution < -0.4 is 5.32 Å². The first-order valence-corrected chi connectivity index (χ1v) is 8.44. The number of likely N-dealkylation sites (tertiary alicyclic amines) is 1. The van der Waals surface area contributed by atoms with Crippen molar-refractivity contribution in [2.75, 3.05) is 19.6 Å². The van der Waals surface area contributed by atoms with Crippen LogP contribution in [-0.4, -0.2) is 52.8 Å². The van der Waals surface area contributed by atoms with Gasteiger partial charge in [0.05, 0.1) is 0 Å². The lowest BCUT2D eigenvalue weighted by Crippen LogP contribution is -2.49. The van der Waals surface area contributed by atoms with Crippen LogP contribution in [0.5, 0.6) is 0 Å². The molecule has 2 saturated heterocycles. The Hall–Kier alpha value is -1.59. The van der Waals surface area contributed by atoms with E-state index in [2.05, 4.69) is 12.2 Å². The summed E-state index contributed by atoms with van der Waals surface area (Å²) in [6, 6.07) is -0.398. The van der Waals surface area contributed by atoms with Crippen molar-refractivity contribution in [3.8, 4) is 0 Å². The van der Waals surface area contributed by atoms with E-state index in [1.807, 2.05) is 0 Å². The summed E-state index contributed by atoms with van der Waals surface area (Å²) in [6.07, 6.45) is 6.55. The van der Waals surface area contributed by atoms with Gasteiger partial charge in [0.1, 0.15) is 12.1 Å². The Morgan fingerprint density at radius 1 is 1.23 bits per heavy atom. The number of carbonyl (C=O) groups is 3. The van der Waals surface area contributed by atoms with E-state index in [0.29, 0.717) is 18.8 Å². The predicted molar refractivity (Wildman–Crippen MR) is 81.0 cm³/mol. The fourth-order valence-electron chi connectivity index (χ4n) is 3.97. The number of piperidine rings is 1. The lowest BCUT2D eigenvalue weighted by atomic mass is 9.82. The van der Waals surface area contributed by atoms with Crippen LogP contribution in [0.25, 0.3) is 0 Å². The minimum Gasteiger partial charge on any atom is -0.341 e. The highest BCUT2D eigenvalue weighted by Gasteiger charge is 2.51. The molecule has 1 atom stereocenters. The van der Waals surface area contributed by atoms with Crippen molar-refractivity contribution >= 4 is 17.8 Å². The minimum atomic E-state index is -0.731. The molecule has 1 saturated carbocycles. The van der Waals surface area contributed by atoms with Crippen LogP contribution >= 0.6 is 0 Å².